The van der Waals surface area contributed by atoms with Crippen LogP contribution in [0.1, 0.15) is 31.5 Å². The molecule has 2 atom stereocenters. The van der Waals surface area contributed by atoms with Crippen LogP contribution in [0.15, 0.2) is 47.0 Å². The molecule has 1 aromatic carbocycles. The second-order valence-corrected chi connectivity index (χ2v) is 6.94. The van der Waals surface area contributed by atoms with Crippen molar-refractivity contribution in [1.82, 2.24) is 20.3 Å². The smallest absolute Gasteiger partial charge is 0.151 e. The first-order chi connectivity index (χ1) is 12.3. The van der Waals surface area contributed by atoms with E-state index in [4.69, 9.17) is 9.40 Å². The molecule has 4 aromatic rings. The zero-order valence-electron chi connectivity index (χ0n) is 14.1. The summed E-state index contributed by atoms with van der Waals surface area (Å²) in [5, 5.41) is 4.59. The molecular formula is C20H20N4O. The minimum absolute atomic E-state index is 0.435. The van der Waals surface area contributed by atoms with Crippen LogP contribution < -0.4 is 5.32 Å². The summed E-state index contributed by atoms with van der Waals surface area (Å²) >= 11 is 0. The number of aromatic nitrogens is 3. The predicted octanol–water partition coefficient (Wildman–Crippen LogP) is 4.23. The number of nitrogens with one attached hydrogen (secondary N) is 2. The molecule has 126 valence electrons. The van der Waals surface area contributed by atoms with Gasteiger partial charge in [-0.2, -0.15) is 0 Å². The summed E-state index contributed by atoms with van der Waals surface area (Å²) in [7, 11) is 0. The molecule has 0 saturated carbocycles. The van der Waals surface area contributed by atoms with Gasteiger partial charge in [-0.15, -0.1) is 0 Å². The summed E-state index contributed by atoms with van der Waals surface area (Å²) in [6.45, 7) is 3.26. The van der Waals surface area contributed by atoms with E-state index in [0.29, 0.717) is 12.0 Å². The van der Waals surface area contributed by atoms with E-state index in [0.717, 1.165) is 58.7 Å². The van der Waals surface area contributed by atoms with Gasteiger partial charge in [-0.05, 0) is 44.5 Å². The van der Waals surface area contributed by atoms with Gasteiger partial charge < -0.3 is 14.7 Å². The third kappa shape index (κ3) is 2.61. The molecule has 0 amide bonds. The first-order valence-corrected chi connectivity index (χ1v) is 8.84. The summed E-state index contributed by atoms with van der Waals surface area (Å²) in [6, 6.07) is 12.7. The van der Waals surface area contributed by atoms with Crippen LogP contribution in [-0.2, 0) is 0 Å². The summed E-state index contributed by atoms with van der Waals surface area (Å²) in [5.74, 6) is 2.22. The molecule has 3 aromatic heterocycles. The Morgan fingerprint density at radius 1 is 1.20 bits per heavy atom. The van der Waals surface area contributed by atoms with E-state index in [9.17, 15) is 0 Å². The van der Waals surface area contributed by atoms with E-state index < -0.39 is 0 Å². The second kappa shape index (κ2) is 5.70. The Balaban J connectivity index is 1.53. The predicted molar refractivity (Wildman–Crippen MR) is 98.5 cm³/mol. The zero-order valence-corrected chi connectivity index (χ0v) is 14.1. The van der Waals surface area contributed by atoms with Crippen LogP contribution in [0.2, 0.25) is 0 Å². The van der Waals surface area contributed by atoms with Crippen molar-refractivity contribution < 1.29 is 4.42 Å². The maximum Gasteiger partial charge on any atom is 0.151 e. The fraction of sp³-hybridized carbons (Fsp3) is 0.300. The van der Waals surface area contributed by atoms with Gasteiger partial charge in [-0.3, -0.25) is 0 Å². The van der Waals surface area contributed by atoms with Crippen LogP contribution in [-0.4, -0.2) is 27.5 Å². The number of para-hydroxylation sites is 1. The molecular weight excluding hydrogens is 312 g/mol. The molecule has 5 rings (SSSR count). The lowest BCUT2D eigenvalue weighted by Gasteiger charge is -2.26. The van der Waals surface area contributed by atoms with E-state index in [1.165, 1.54) is 0 Å². The lowest BCUT2D eigenvalue weighted by molar-refractivity contribution is 0.371. The largest absolute Gasteiger partial charge is 0.455 e. The highest BCUT2D eigenvalue weighted by atomic mass is 16.3. The molecule has 25 heavy (non-hydrogen) atoms. The van der Waals surface area contributed by atoms with Gasteiger partial charge in [-0.25, -0.2) is 9.97 Å². The number of hydrogen-bond donors (Lipinski definition) is 2. The topological polar surface area (TPSA) is 66.7 Å². The number of nitrogens with zero attached hydrogens (tertiary/aromatic N) is 2. The summed E-state index contributed by atoms with van der Waals surface area (Å²) < 4.78 is 5.96. The van der Waals surface area contributed by atoms with Crippen molar-refractivity contribution in [2.24, 2.45) is 0 Å². The lowest BCUT2D eigenvalue weighted by Crippen LogP contribution is -2.35. The maximum atomic E-state index is 5.96. The zero-order chi connectivity index (χ0) is 16.8. The summed E-state index contributed by atoms with van der Waals surface area (Å²) in [5.41, 5.74) is 3.73. The van der Waals surface area contributed by atoms with Crippen LogP contribution in [0.4, 0.5) is 0 Å². The van der Waals surface area contributed by atoms with Gasteiger partial charge in [0.2, 0.25) is 0 Å². The van der Waals surface area contributed by atoms with Crippen molar-refractivity contribution in [2.75, 3.05) is 6.54 Å². The van der Waals surface area contributed by atoms with Gasteiger partial charge in [0.05, 0.1) is 22.9 Å². The van der Waals surface area contributed by atoms with Crippen LogP contribution in [0.3, 0.4) is 0 Å². The maximum absolute atomic E-state index is 5.96. The molecule has 4 heterocycles. The number of hydrogen-bond acceptors (Lipinski definition) is 4. The minimum Gasteiger partial charge on any atom is -0.455 e. The molecule has 5 heteroatoms. The molecule has 1 fully saturated rings. The Morgan fingerprint density at radius 3 is 3.00 bits per heavy atom. The molecule has 5 nitrogen and oxygen atoms in total. The number of furan rings is 1. The lowest BCUT2D eigenvalue weighted by atomic mass is 9.92. The molecule has 0 aliphatic carbocycles. The van der Waals surface area contributed by atoms with Crippen LogP contribution in [0.25, 0.3) is 33.5 Å². The Bertz CT molecular complexity index is 1020. The monoisotopic (exact) mass is 332 g/mol. The highest BCUT2D eigenvalue weighted by molar-refractivity contribution is 5.86. The van der Waals surface area contributed by atoms with E-state index >= 15 is 0 Å². The van der Waals surface area contributed by atoms with Crippen molar-refractivity contribution >= 4 is 22.0 Å². The number of benzene rings is 1. The van der Waals surface area contributed by atoms with Crippen molar-refractivity contribution in [3.05, 3.63) is 48.4 Å². The van der Waals surface area contributed by atoms with Gasteiger partial charge in [0, 0.05) is 17.3 Å². The van der Waals surface area contributed by atoms with E-state index in [-0.39, 0.29) is 0 Å². The molecule has 0 radical (unpaired) electrons. The van der Waals surface area contributed by atoms with E-state index in [1.807, 2.05) is 24.4 Å². The second-order valence-electron chi connectivity index (χ2n) is 6.94. The standard InChI is InChI=1S/C20H20N4O/c1-12-8-14(6-7-21-12)20-22-11-17-15(24-20)10-16(23-17)19-9-13-4-2-3-5-18(13)25-19/h2-5,9-12,14,21,23H,6-8H2,1H3. The molecule has 2 N–H and O–H groups in total. The third-order valence-electron chi connectivity index (χ3n) is 5.07. The highest BCUT2D eigenvalue weighted by Crippen LogP contribution is 2.30. The van der Waals surface area contributed by atoms with Crippen LogP contribution in [0, 0.1) is 0 Å². The van der Waals surface area contributed by atoms with Crippen molar-refractivity contribution in [1.29, 1.82) is 0 Å². The van der Waals surface area contributed by atoms with Gasteiger partial charge >= 0.3 is 0 Å². The van der Waals surface area contributed by atoms with Gasteiger partial charge in [0.15, 0.2) is 5.76 Å². The Labute approximate surface area is 145 Å². The summed E-state index contributed by atoms with van der Waals surface area (Å²) in [6.07, 6.45) is 4.08. The Morgan fingerprint density at radius 2 is 2.12 bits per heavy atom. The first kappa shape index (κ1) is 14.7. The molecule has 1 saturated heterocycles. The van der Waals surface area contributed by atoms with Crippen LogP contribution >= 0.6 is 0 Å². The third-order valence-corrected chi connectivity index (χ3v) is 5.07. The summed E-state index contributed by atoms with van der Waals surface area (Å²) in [4.78, 5) is 12.8. The normalized spacial score (nSPS) is 21.2. The van der Waals surface area contributed by atoms with Crippen molar-refractivity contribution in [2.45, 2.75) is 31.7 Å². The van der Waals surface area contributed by atoms with E-state index in [1.54, 1.807) is 0 Å². The molecule has 0 spiro atoms. The Hall–Kier alpha value is -2.66. The average Bonchev–Trinajstić information content (AvgIpc) is 3.24. The fourth-order valence-electron chi connectivity index (χ4n) is 3.74. The van der Waals surface area contributed by atoms with Crippen molar-refractivity contribution in [3.63, 3.8) is 0 Å². The molecule has 1 aliphatic heterocycles. The highest BCUT2D eigenvalue weighted by Gasteiger charge is 2.22. The first-order valence-electron chi connectivity index (χ1n) is 8.84. The number of piperidine rings is 1. The molecule has 2 unspecified atom stereocenters. The van der Waals surface area contributed by atoms with Crippen LogP contribution in [0.5, 0.6) is 0 Å². The fourth-order valence-corrected chi connectivity index (χ4v) is 3.74. The quantitative estimate of drug-likeness (QED) is 0.576. The number of aromatic amines is 1. The molecule has 1 aliphatic rings. The SMILES string of the molecule is CC1CC(c2ncc3[nH]c(-c4cc5ccccc5o4)cc3n2)CCN1. The van der Waals surface area contributed by atoms with E-state index in [2.05, 4.69) is 40.4 Å². The average molecular weight is 332 g/mol. The van der Waals surface area contributed by atoms with Gasteiger partial charge in [0.25, 0.3) is 0 Å². The number of rotatable bonds is 2. The number of fused-ring (bicyclic) bond motifs is 2. The van der Waals surface area contributed by atoms with Gasteiger partial charge in [0.1, 0.15) is 11.4 Å². The minimum atomic E-state index is 0.435. The van der Waals surface area contributed by atoms with Crippen molar-refractivity contribution in [3.8, 4) is 11.5 Å². The number of H-pyrrole nitrogens is 1. The van der Waals surface area contributed by atoms with Gasteiger partial charge in [-0.1, -0.05) is 18.2 Å². The Kier molecular flexibility index (Phi) is 3.35. The molecule has 0 bridgehead atoms.